The van der Waals surface area contributed by atoms with Crippen LogP contribution in [0.4, 0.5) is 0 Å². The molecule has 164 valence electrons. The molecule has 0 aliphatic carbocycles. The number of carbonyl (C=O) groups is 1. The number of amides is 1. The first kappa shape index (κ1) is 21.6. The Morgan fingerprint density at radius 1 is 1.06 bits per heavy atom. The van der Waals surface area contributed by atoms with Crippen molar-refractivity contribution in [2.75, 3.05) is 26.5 Å². The number of para-hydroxylation sites is 1. The minimum atomic E-state index is -0.0577. The van der Waals surface area contributed by atoms with Crippen LogP contribution in [-0.2, 0) is 11.2 Å². The normalized spacial score (nSPS) is 10.8. The molecule has 0 saturated heterocycles. The van der Waals surface area contributed by atoms with Crippen molar-refractivity contribution < 1.29 is 14.3 Å². The molecule has 2 aromatic carbocycles. The zero-order valence-corrected chi connectivity index (χ0v) is 18.6. The SMILES string of the molecule is COc1ccc(CCNC(=O)CSc2ncnc3c2cnn3-c2ccccc2)cc1OC. The number of aromatic nitrogens is 4. The molecule has 0 saturated carbocycles. The number of rotatable bonds is 9. The van der Waals surface area contributed by atoms with Crippen molar-refractivity contribution in [1.29, 1.82) is 0 Å². The van der Waals surface area contributed by atoms with Gasteiger partial charge in [0.15, 0.2) is 17.1 Å². The molecule has 8 nitrogen and oxygen atoms in total. The molecule has 2 heterocycles. The fourth-order valence-corrected chi connectivity index (χ4v) is 4.05. The van der Waals surface area contributed by atoms with Crippen LogP contribution in [0.1, 0.15) is 5.56 Å². The second-order valence-electron chi connectivity index (χ2n) is 6.89. The Morgan fingerprint density at radius 3 is 2.66 bits per heavy atom. The number of methoxy groups -OCH3 is 2. The van der Waals surface area contributed by atoms with Crippen LogP contribution in [0.5, 0.6) is 11.5 Å². The van der Waals surface area contributed by atoms with Crippen molar-refractivity contribution in [1.82, 2.24) is 25.1 Å². The molecule has 0 unspecified atom stereocenters. The lowest BCUT2D eigenvalue weighted by molar-refractivity contribution is -0.118. The largest absolute Gasteiger partial charge is 0.493 e. The number of nitrogens with zero attached hydrogens (tertiary/aromatic N) is 4. The van der Waals surface area contributed by atoms with Gasteiger partial charge in [0.05, 0.1) is 37.2 Å². The maximum absolute atomic E-state index is 12.4. The Balaban J connectivity index is 1.34. The van der Waals surface area contributed by atoms with Gasteiger partial charge in [-0.1, -0.05) is 36.0 Å². The van der Waals surface area contributed by atoms with E-state index in [-0.39, 0.29) is 11.7 Å². The third-order valence-electron chi connectivity index (χ3n) is 4.85. The molecule has 1 N–H and O–H groups in total. The molecule has 0 spiro atoms. The maximum Gasteiger partial charge on any atom is 0.230 e. The molecule has 0 radical (unpaired) electrons. The highest BCUT2D eigenvalue weighted by molar-refractivity contribution is 8.00. The Bertz CT molecular complexity index is 1210. The van der Waals surface area contributed by atoms with Gasteiger partial charge in [0.1, 0.15) is 11.4 Å². The van der Waals surface area contributed by atoms with Gasteiger partial charge >= 0.3 is 0 Å². The number of fused-ring (bicyclic) bond motifs is 1. The molecule has 0 atom stereocenters. The quantitative estimate of drug-likeness (QED) is 0.310. The number of hydrogen-bond acceptors (Lipinski definition) is 7. The number of thioether (sulfide) groups is 1. The lowest BCUT2D eigenvalue weighted by atomic mass is 10.1. The van der Waals surface area contributed by atoms with E-state index >= 15 is 0 Å². The first-order valence-electron chi connectivity index (χ1n) is 10.0. The maximum atomic E-state index is 12.4. The van der Waals surface area contributed by atoms with Crippen LogP contribution in [0, 0.1) is 0 Å². The van der Waals surface area contributed by atoms with E-state index in [0.717, 1.165) is 21.7 Å². The molecule has 9 heteroatoms. The van der Waals surface area contributed by atoms with Gasteiger partial charge in [0, 0.05) is 6.54 Å². The van der Waals surface area contributed by atoms with Crippen molar-refractivity contribution in [3.8, 4) is 17.2 Å². The molecule has 4 rings (SSSR count). The van der Waals surface area contributed by atoms with Gasteiger partial charge in [-0.15, -0.1) is 0 Å². The van der Waals surface area contributed by atoms with E-state index in [1.807, 2.05) is 48.5 Å². The van der Waals surface area contributed by atoms with Gasteiger partial charge in [-0.3, -0.25) is 4.79 Å². The highest BCUT2D eigenvalue weighted by atomic mass is 32.2. The van der Waals surface area contributed by atoms with E-state index in [0.29, 0.717) is 30.1 Å². The predicted octanol–water partition coefficient (Wildman–Crippen LogP) is 3.28. The van der Waals surface area contributed by atoms with Crippen LogP contribution in [0.15, 0.2) is 66.1 Å². The summed E-state index contributed by atoms with van der Waals surface area (Å²) in [4.78, 5) is 21.1. The summed E-state index contributed by atoms with van der Waals surface area (Å²) in [6.07, 6.45) is 3.93. The van der Waals surface area contributed by atoms with Gasteiger partial charge < -0.3 is 14.8 Å². The Hall–Kier alpha value is -3.59. The third kappa shape index (κ3) is 4.83. The highest BCUT2D eigenvalue weighted by Crippen LogP contribution is 2.28. The predicted molar refractivity (Wildman–Crippen MR) is 124 cm³/mol. The summed E-state index contributed by atoms with van der Waals surface area (Å²) in [6.45, 7) is 0.528. The molecule has 0 aliphatic heterocycles. The molecular formula is C23H23N5O3S. The van der Waals surface area contributed by atoms with Crippen LogP contribution in [0.3, 0.4) is 0 Å². The van der Waals surface area contributed by atoms with Crippen molar-refractivity contribution in [2.24, 2.45) is 0 Å². The van der Waals surface area contributed by atoms with E-state index in [4.69, 9.17) is 9.47 Å². The molecule has 2 aromatic heterocycles. The summed E-state index contributed by atoms with van der Waals surface area (Å²) in [6, 6.07) is 15.5. The lowest BCUT2D eigenvalue weighted by Gasteiger charge is -2.10. The van der Waals surface area contributed by atoms with E-state index in [1.165, 1.54) is 18.1 Å². The van der Waals surface area contributed by atoms with Gasteiger partial charge in [-0.2, -0.15) is 5.10 Å². The van der Waals surface area contributed by atoms with Crippen LogP contribution >= 0.6 is 11.8 Å². The van der Waals surface area contributed by atoms with E-state index in [2.05, 4.69) is 20.4 Å². The summed E-state index contributed by atoms with van der Waals surface area (Å²) in [5.41, 5.74) is 2.69. The van der Waals surface area contributed by atoms with Gasteiger partial charge in [0.2, 0.25) is 5.91 Å². The lowest BCUT2D eigenvalue weighted by Crippen LogP contribution is -2.27. The van der Waals surface area contributed by atoms with Crippen molar-refractivity contribution in [3.05, 3.63) is 66.6 Å². The molecule has 1 amide bonds. The zero-order valence-electron chi connectivity index (χ0n) is 17.8. The Kier molecular flexibility index (Phi) is 6.86. The summed E-state index contributed by atoms with van der Waals surface area (Å²) < 4.78 is 12.3. The Labute approximate surface area is 190 Å². The monoisotopic (exact) mass is 449 g/mol. The van der Waals surface area contributed by atoms with Crippen LogP contribution in [0.25, 0.3) is 16.7 Å². The van der Waals surface area contributed by atoms with Gasteiger partial charge in [-0.05, 0) is 36.2 Å². The molecule has 32 heavy (non-hydrogen) atoms. The van der Waals surface area contributed by atoms with Crippen LogP contribution < -0.4 is 14.8 Å². The fraction of sp³-hybridized carbons (Fsp3) is 0.217. The highest BCUT2D eigenvalue weighted by Gasteiger charge is 2.13. The number of carbonyl (C=O) groups excluding carboxylic acids is 1. The number of ether oxygens (including phenoxy) is 2. The summed E-state index contributed by atoms with van der Waals surface area (Å²) in [5.74, 6) is 1.56. The van der Waals surface area contributed by atoms with Gasteiger partial charge in [-0.25, -0.2) is 14.6 Å². The molecule has 4 aromatic rings. The summed E-state index contributed by atoms with van der Waals surface area (Å²) >= 11 is 1.37. The average molecular weight is 450 g/mol. The molecular weight excluding hydrogens is 426 g/mol. The molecule has 0 bridgehead atoms. The van der Waals surface area contributed by atoms with Crippen LogP contribution in [-0.4, -0.2) is 52.2 Å². The van der Waals surface area contributed by atoms with Crippen molar-refractivity contribution in [3.63, 3.8) is 0 Å². The molecule has 0 aliphatic rings. The summed E-state index contributed by atoms with van der Waals surface area (Å²) in [7, 11) is 3.21. The van der Waals surface area contributed by atoms with E-state index < -0.39 is 0 Å². The zero-order chi connectivity index (χ0) is 22.3. The molecule has 0 fully saturated rings. The first-order chi connectivity index (χ1) is 15.7. The minimum Gasteiger partial charge on any atom is -0.493 e. The second kappa shape index (κ2) is 10.1. The summed E-state index contributed by atoms with van der Waals surface area (Å²) in [5, 5.41) is 8.94. The Morgan fingerprint density at radius 2 is 1.88 bits per heavy atom. The smallest absolute Gasteiger partial charge is 0.230 e. The van der Waals surface area contributed by atoms with Crippen LogP contribution in [0.2, 0.25) is 0 Å². The number of nitrogens with one attached hydrogen (secondary N) is 1. The number of hydrogen-bond donors (Lipinski definition) is 1. The first-order valence-corrected chi connectivity index (χ1v) is 11.0. The average Bonchev–Trinajstić information content (AvgIpc) is 3.28. The van der Waals surface area contributed by atoms with Crippen molar-refractivity contribution in [2.45, 2.75) is 11.4 Å². The standard InChI is InChI=1S/C23H23N5O3S/c1-30-19-9-8-16(12-20(19)31-2)10-11-24-21(29)14-32-23-18-13-27-28(22(18)25-15-26-23)17-6-4-3-5-7-17/h3-9,12-13,15H,10-11,14H2,1-2H3,(H,24,29). The topological polar surface area (TPSA) is 91.2 Å². The minimum absolute atomic E-state index is 0.0577. The van der Waals surface area contributed by atoms with E-state index in [9.17, 15) is 4.79 Å². The third-order valence-corrected chi connectivity index (χ3v) is 5.86. The van der Waals surface area contributed by atoms with Crippen molar-refractivity contribution >= 4 is 28.7 Å². The van der Waals surface area contributed by atoms with E-state index in [1.54, 1.807) is 25.1 Å². The fourth-order valence-electron chi connectivity index (χ4n) is 3.26. The van der Waals surface area contributed by atoms with Gasteiger partial charge in [0.25, 0.3) is 0 Å². The second-order valence-corrected chi connectivity index (χ2v) is 7.85. The number of benzene rings is 2.